The monoisotopic (exact) mass is 261 g/mol. The van der Waals surface area contributed by atoms with Crippen molar-refractivity contribution in [1.82, 2.24) is 5.32 Å². The van der Waals surface area contributed by atoms with Crippen LogP contribution in [0.1, 0.15) is 13.8 Å². The van der Waals surface area contributed by atoms with Crippen molar-refractivity contribution in [2.45, 2.75) is 13.8 Å². The largest absolute Gasteiger partial charge is 0.334 e. The smallest absolute Gasteiger partial charge is 0.319 e. The van der Waals surface area contributed by atoms with Gasteiger partial charge in [-0.1, -0.05) is 19.9 Å². The lowest BCUT2D eigenvalue weighted by molar-refractivity contribution is -0.118. The molecule has 1 aromatic carbocycles. The average Bonchev–Trinajstić information content (AvgIpc) is 2.38. The molecule has 0 aliphatic heterocycles. The fourth-order valence-electron chi connectivity index (χ4n) is 1.26. The summed E-state index contributed by atoms with van der Waals surface area (Å²) in [5, 5.41) is 8.05. The number of anilines is 2. The van der Waals surface area contributed by atoms with E-state index in [4.69, 9.17) is 0 Å². The molecular formula is C14H19N3O2. The summed E-state index contributed by atoms with van der Waals surface area (Å²) in [5.41, 5.74) is 1.36. The summed E-state index contributed by atoms with van der Waals surface area (Å²) in [6.45, 7) is 7.58. The molecule has 0 bridgehead atoms. The Morgan fingerprint density at radius 3 is 2.16 bits per heavy atom. The van der Waals surface area contributed by atoms with Crippen molar-refractivity contribution in [1.29, 1.82) is 0 Å². The van der Waals surface area contributed by atoms with Gasteiger partial charge >= 0.3 is 6.03 Å². The lowest BCUT2D eigenvalue weighted by atomic mass is 10.2. The minimum atomic E-state index is -0.293. The zero-order valence-electron chi connectivity index (χ0n) is 11.2. The number of carbonyl (C=O) groups excluding carboxylic acids is 2. The summed E-state index contributed by atoms with van der Waals surface area (Å²) < 4.78 is 0. The highest BCUT2D eigenvalue weighted by Crippen LogP contribution is 2.14. The van der Waals surface area contributed by atoms with Gasteiger partial charge in [-0.3, -0.25) is 4.79 Å². The molecule has 0 heterocycles. The van der Waals surface area contributed by atoms with E-state index in [-0.39, 0.29) is 17.9 Å². The van der Waals surface area contributed by atoms with E-state index in [1.807, 2.05) is 13.8 Å². The molecule has 1 aromatic rings. The Bertz CT molecular complexity index is 452. The van der Waals surface area contributed by atoms with Gasteiger partial charge in [-0.2, -0.15) is 0 Å². The molecule has 0 atom stereocenters. The van der Waals surface area contributed by atoms with Crippen LogP contribution in [0, 0.1) is 5.92 Å². The van der Waals surface area contributed by atoms with Gasteiger partial charge in [0.2, 0.25) is 5.91 Å². The van der Waals surface area contributed by atoms with Gasteiger partial charge in [0.25, 0.3) is 0 Å². The third-order valence-corrected chi connectivity index (χ3v) is 2.34. The fourth-order valence-corrected chi connectivity index (χ4v) is 1.26. The van der Waals surface area contributed by atoms with E-state index >= 15 is 0 Å². The van der Waals surface area contributed by atoms with Crippen molar-refractivity contribution in [3.8, 4) is 0 Å². The number of nitrogens with one attached hydrogen (secondary N) is 3. The maximum atomic E-state index is 11.5. The first kappa shape index (κ1) is 14.8. The lowest BCUT2D eigenvalue weighted by Gasteiger charge is -2.09. The first-order valence-electron chi connectivity index (χ1n) is 6.09. The molecule has 19 heavy (non-hydrogen) atoms. The highest BCUT2D eigenvalue weighted by molar-refractivity contribution is 5.93. The molecule has 3 N–H and O–H groups in total. The maximum Gasteiger partial charge on any atom is 0.319 e. The van der Waals surface area contributed by atoms with Crippen LogP contribution in [0.2, 0.25) is 0 Å². The Kier molecular flexibility index (Phi) is 5.60. The molecule has 1 rings (SSSR count). The summed E-state index contributed by atoms with van der Waals surface area (Å²) in [5.74, 6) is -0.105. The van der Waals surface area contributed by atoms with Gasteiger partial charge in [0.05, 0.1) is 0 Å². The van der Waals surface area contributed by atoms with Gasteiger partial charge in [-0.05, 0) is 24.3 Å². The van der Waals surface area contributed by atoms with E-state index in [9.17, 15) is 9.59 Å². The Labute approximate surface area is 113 Å². The first-order valence-corrected chi connectivity index (χ1v) is 6.09. The number of hydrogen-bond donors (Lipinski definition) is 3. The molecule has 0 saturated heterocycles. The van der Waals surface area contributed by atoms with Crippen LogP contribution in [0.25, 0.3) is 0 Å². The van der Waals surface area contributed by atoms with E-state index in [0.29, 0.717) is 17.9 Å². The van der Waals surface area contributed by atoms with Crippen LogP contribution in [-0.4, -0.2) is 18.5 Å². The van der Waals surface area contributed by atoms with Gasteiger partial charge in [0, 0.05) is 23.8 Å². The molecular weight excluding hydrogens is 242 g/mol. The number of carbonyl (C=O) groups is 2. The highest BCUT2D eigenvalue weighted by atomic mass is 16.2. The number of urea groups is 1. The quantitative estimate of drug-likeness (QED) is 0.713. The molecule has 0 spiro atoms. The van der Waals surface area contributed by atoms with Crippen molar-refractivity contribution < 1.29 is 9.59 Å². The summed E-state index contributed by atoms with van der Waals surface area (Å²) in [6.07, 6.45) is 1.60. The number of amides is 3. The van der Waals surface area contributed by atoms with Gasteiger partial charge in [0.15, 0.2) is 0 Å². The highest BCUT2D eigenvalue weighted by Gasteiger charge is 2.07. The molecule has 0 aliphatic rings. The second-order valence-corrected chi connectivity index (χ2v) is 4.35. The number of benzene rings is 1. The molecule has 0 aromatic heterocycles. The molecule has 0 unspecified atom stereocenters. The van der Waals surface area contributed by atoms with Crippen LogP contribution in [0.5, 0.6) is 0 Å². The van der Waals surface area contributed by atoms with Crippen LogP contribution in [0.3, 0.4) is 0 Å². The second-order valence-electron chi connectivity index (χ2n) is 4.35. The van der Waals surface area contributed by atoms with Crippen molar-refractivity contribution in [2.24, 2.45) is 5.92 Å². The van der Waals surface area contributed by atoms with Gasteiger partial charge < -0.3 is 16.0 Å². The lowest BCUT2D eigenvalue weighted by Crippen LogP contribution is -2.28. The van der Waals surface area contributed by atoms with Gasteiger partial charge in [-0.25, -0.2) is 4.79 Å². The van der Waals surface area contributed by atoms with E-state index < -0.39 is 0 Å². The topological polar surface area (TPSA) is 70.2 Å². The predicted octanol–water partition coefficient (Wildman–Crippen LogP) is 2.59. The minimum absolute atomic E-state index is 0.0376. The minimum Gasteiger partial charge on any atom is -0.334 e. The van der Waals surface area contributed by atoms with E-state index in [2.05, 4.69) is 22.5 Å². The SMILES string of the molecule is C=CCNC(=O)Nc1ccc(NC(=O)C(C)C)cc1. The summed E-state index contributed by atoms with van der Waals surface area (Å²) >= 11 is 0. The van der Waals surface area contributed by atoms with E-state index in [1.165, 1.54) is 0 Å². The normalized spacial score (nSPS) is 9.84. The molecule has 102 valence electrons. The molecule has 0 aliphatic carbocycles. The van der Waals surface area contributed by atoms with Crippen molar-refractivity contribution in [2.75, 3.05) is 17.2 Å². The average molecular weight is 261 g/mol. The molecule has 3 amide bonds. The summed E-state index contributed by atoms with van der Waals surface area (Å²) in [6, 6.07) is 6.64. The van der Waals surface area contributed by atoms with Crippen LogP contribution in [0.4, 0.5) is 16.2 Å². The van der Waals surface area contributed by atoms with Crippen LogP contribution in [-0.2, 0) is 4.79 Å². The zero-order valence-corrected chi connectivity index (χ0v) is 11.2. The van der Waals surface area contributed by atoms with Gasteiger partial charge in [-0.15, -0.1) is 6.58 Å². The standard InChI is InChI=1S/C14H19N3O2/c1-4-9-15-14(19)17-12-7-5-11(6-8-12)16-13(18)10(2)3/h4-8,10H,1,9H2,2-3H3,(H,16,18)(H2,15,17,19). The number of rotatable bonds is 5. The third-order valence-electron chi connectivity index (χ3n) is 2.34. The molecule has 0 fully saturated rings. The zero-order chi connectivity index (χ0) is 14.3. The van der Waals surface area contributed by atoms with E-state index in [1.54, 1.807) is 30.3 Å². The van der Waals surface area contributed by atoms with Crippen molar-refractivity contribution in [3.63, 3.8) is 0 Å². The summed E-state index contributed by atoms with van der Waals surface area (Å²) in [7, 11) is 0. The van der Waals surface area contributed by atoms with Crippen molar-refractivity contribution >= 4 is 23.3 Å². The van der Waals surface area contributed by atoms with Crippen LogP contribution < -0.4 is 16.0 Å². The molecule has 0 saturated carbocycles. The van der Waals surface area contributed by atoms with Crippen molar-refractivity contribution in [3.05, 3.63) is 36.9 Å². The molecule has 5 heteroatoms. The Balaban J connectivity index is 2.54. The van der Waals surface area contributed by atoms with Crippen LogP contribution >= 0.6 is 0 Å². The number of hydrogen-bond acceptors (Lipinski definition) is 2. The van der Waals surface area contributed by atoms with Gasteiger partial charge in [0.1, 0.15) is 0 Å². The summed E-state index contributed by atoms with van der Waals surface area (Å²) in [4.78, 5) is 22.9. The third kappa shape index (κ3) is 5.25. The second kappa shape index (κ2) is 7.20. The Hall–Kier alpha value is -2.30. The maximum absolute atomic E-state index is 11.5. The Morgan fingerprint density at radius 1 is 1.16 bits per heavy atom. The predicted molar refractivity (Wildman–Crippen MR) is 77.1 cm³/mol. The molecule has 5 nitrogen and oxygen atoms in total. The molecule has 0 radical (unpaired) electrons. The Morgan fingerprint density at radius 2 is 1.68 bits per heavy atom. The van der Waals surface area contributed by atoms with E-state index in [0.717, 1.165) is 0 Å². The first-order chi connectivity index (χ1) is 9.02. The fraction of sp³-hybridized carbons (Fsp3) is 0.286. The van der Waals surface area contributed by atoms with Crippen LogP contribution in [0.15, 0.2) is 36.9 Å².